The first kappa shape index (κ1) is 22.6. The number of Topliss-reactive ketones (excluding diaryl/α,β-unsaturated/α-hetero) is 1. The Morgan fingerprint density at radius 2 is 1.76 bits per heavy atom. The summed E-state index contributed by atoms with van der Waals surface area (Å²) in [6, 6.07) is 0. The predicted molar refractivity (Wildman–Crippen MR) is 92.4 cm³/mol. The second-order valence-electron chi connectivity index (χ2n) is 4.57. The molecular formula is C16H31BrN2O2. The molecule has 0 atom stereocenters. The number of halogens is 1. The summed E-state index contributed by atoms with van der Waals surface area (Å²) < 4.78 is 5.99. The molecule has 1 aromatic rings. The van der Waals surface area contributed by atoms with Crippen LogP contribution in [0.3, 0.4) is 0 Å². The number of carbonyl (C=O) groups is 1. The summed E-state index contributed by atoms with van der Waals surface area (Å²) in [5.41, 5.74) is 4.50. The zero-order chi connectivity index (χ0) is 16.5. The van der Waals surface area contributed by atoms with Crippen LogP contribution < -0.4 is 5.73 Å². The first-order valence-corrected chi connectivity index (χ1v) is 8.62. The molecule has 4 nitrogen and oxygen atoms in total. The molecule has 5 heteroatoms. The second-order valence-corrected chi connectivity index (χ2v) is 5.35. The zero-order valence-corrected chi connectivity index (χ0v) is 15.5. The van der Waals surface area contributed by atoms with E-state index in [1.165, 1.54) is 13.5 Å². The molecule has 0 spiro atoms. The molecule has 0 saturated carbocycles. The fraction of sp³-hybridized carbons (Fsp3) is 0.750. The van der Waals surface area contributed by atoms with Crippen molar-refractivity contribution in [2.75, 3.05) is 7.05 Å². The normalized spacial score (nSPS) is 9.24. The highest BCUT2D eigenvalue weighted by Gasteiger charge is 2.01. The number of hydrogen-bond donors (Lipinski definition) is 1. The monoisotopic (exact) mass is 362 g/mol. The lowest BCUT2D eigenvalue weighted by molar-refractivity contribution is -0.118. The van der Waals surface area contributed by atoms with Gasteiger partial charge in [-0.25, -0.2) is 4.98 Å². The van der Waals surface area contributed by atoms with E-state index in [0.29, 0.717) is 16.9 Å². The summed E-state index contributed by atoms with van der Waals surface area (Å²) in [5, 5.41) is 0. The number of rotatable bonds is 8. The number of aryl methyl sites for hydroxylation is 1. The number of ketones is 1. The molecule has 0 aliphatic heterocycles. The third-order valence-electron chi connectivity index (χ3n) is 2.52. The molecule has 0 aliphatic carbocycles. The van der Waals surface area contributed by atoms with Gasteiger partial charge >= 0.3 is 0 Å². The number of hydrogen-bond acceptors (Lipinski definition) is 4. The van der Waals surface area contributed by atoms with Crippen molar-refractivity contribution in [3.05, 3.63) is 16.8 Å². The van der Waals surface area contributed by atoms with Gasteiger partial charge in [0, 0.05) is 19.3 Å². The smallest absolute Gasteiger partial charge is 0.195 e. The van der Waals surface area contributed by atoms with Gasteiger partial charge in [-0.3, -0.25) is 4.79 Å². The van der Waals surface area contributed by atoms with E-state index in [0.717, 1.165) is 44.4 Å². The van der Waals surface area contributed by atoms with Crippen LogP contribution in [0.15, 0.2) is 15.3 Å². The van der Waals surface area contributed by atoms with Gasteiger partial charge in [-0.1, -0.05) is 40.0 Å². The topological polar surface area (TPSA) is 69.1 Å². The van der Waals surface area contributed by atoms with E-state index in [1.807, 2.05) is 6.92 Å². The molecule has 1 aromatic heterocycles. The maximum atomic E-state index is 11.0. The minimum atomic E-state index is 0.372. The lowest BCUT2D eigenvalue weighted by atomic mass is 10.1. The Hall–Kier alpha value is -0.680. The number of oxazole rings is 1. The van der Waals surface area contributed by atoms with Crippen molar-refractivity contribution < 1.29 is 9.21 Å². The van der Waals surface area contributed by atoms with Gasteiger partial charge in [0.2, 0.25) is 0 Å². The van der Waals surface area contributed by atoms with Crippen molar-refractivity contribution in [1.82, 2.24) is 4.98 Å². The molecule has 0 saturated heterocycles. The van der Waals surface area contributed by atoms with Crippen LogP contribution in [0.25, 0.3) is 0 Å². The summed E-state index contributed by atoms with van der Waals surface area (Å²) in [5.74, 6) is 1.16. The predicted octanol–water partition coefficient (Wildman–Crippen LogP) is 4.90. The highest BCUT2D eigenvalue weighted by Crippen LogP contribution is 2.13. The molecule has 0 amide bonds. The molecule has 124 valence electrons. The van der Waals surface area contributed by atoms with Crippen molar-refractivity contribution in [3.63, 3.8) is 0 Å². The number of unbranched alkanes of at least 4 members (excludes halogenated alkanes) is 3. The SMILES string of the molecule is CCC.CCC(=O)CCCCCCc1ncc(Br)o1.CN. The van der Waals surface area contributed by atoms with E-state index in [4.69, 9.17) is 4.42 Å². The van der Waals surface area contributed by atoms with E-state index in [1.54, 1.807) is 6.20 Å². The first-order valence-electron chi connectivity index (χ1n) is 7.83. The minimum absolute atomic E-state index is 0.372. The van der Waals surface area contributed by atoms with Crippen molar-refractivity contribution in [1.29, 1.82) is 0 Å². The summed E-state index contributed by atoms with van der Waals surface area (Å²) in [4.78, 5) is 15.1. The summed E-state index contributed by atoms with van der Waals surface area (Å²) in [6.45, 7) is 6.17. The molecule has 21 heavy (non-hydrogen) atoms. The van der Waals surface area contributed by atoms with Gasteiger partial charge in [0.1, 0.15) is 5.78 Å². The fourth-order valence-electron chi connectivity index (χ4n) is 1.53. The molecule has 1 heterocycles. The van der Waals surface area contributed by atoms with Gasteiger partial charge in [0.15, 0.2) is 10.6 Å². The lowest BCUT2D eigenvalue weighted by Crippen LogP contribution is -1.94. The molecule has 0 aliphatic rings. The van der Waals surface area contributed by atoms with Crippen molar-refractivity contribution in [2.45, 2.75) is 72.1 Å². The number of aromatic nitrogens is 1. The van der Waals surface area contributed by atoms with Crippen molar-refractivity contribution >= 4 is 21.7 Å². The number of carbonyl (C=O) groups excluding carboxylic acids is 1. The molecule has 1 rings (SSSR count). The van der Waals surface area contributed by atoms with Crippen molar-refractivity contribution in [3.8, 4) is 0 Å². The molecule has 0 radical (unpaired) electrons. The number of nitrogens with zero attached hydrogens (tertiary/aromatic N) is 1. The Morgan fingerprint density at radius 1 is 1.19 bits per heavy atom. The third-order valence-corrected chi connectivity index (χ3v) is 2.88. The van der Waals surface area contributed by atoms with Crippen LogP contribution in [0.4, 0.5) is 0 Å². The molecule has 0 aromatic carbocycles. The average Bonchev–Trinajstić information content (AvgIpc) is 2.91. The summed E-state index contributed by atoms with van der Waals surface area (Å²) >= 11 is 3.22. The Bertz CT molecular complexity index is 341. The Labute approximate surface area is 138 Å². The molecule has 0 fully saturated rings. The first-order chi connectivity index (χ1) is 10.1. The Morgan fingerprint density at radius 3 is 2.24 bits per heavy atom. The molecule has 2 N–H and O–H groups in total. The van der Waals surface area contributed by atoms with E-state index in [2.05, 4.69) is 40.5 Å². The second kappa shape index (κ2) is 17.4. The van der Waals surface area contributed by atoms with Crippen LogP contribution in [0.2, 0.25) is 0 Å². The van der Waals surface area contributed by atoms with E-state index in [9.17, 15) is 4.79 Å². The van der Waals surface area contributed by atoms with Gasteiger partial charge in [-0.05, 0) is 35.8 Å². The lowest BCUT2D eigenvalue weighted by Gasteiger charge is -1.99. The van der Waals surface area contributed by atoms with Gasteiger partial charge in [-0.15, -0.1) is 0 Å². The molecular weight excluding hydrogens is 332 g/mol. The highest BCUT2D eigenvalue weighted by molar-refractivity contribution is 9.10. The fourth-order valence-corrected chi connectivity index (χ4v) is 1.82. The summed E-state index contributed by atoms with van der Waals surface area (Å²) in [6.07, 6.45) is 9.56. The van der Waals surface area contributed by atoms with Crippen LogP contribution in [-0.2, 0) is 11.2 Å². The maximum absolute atomic E-state index is 11.0. The van der Waals surface area contributed by atoms with E-state index in [-0.39, 0.29) is 0 Å². The zero-order valence-electron chi connectivity index (χ0n) is 14.0. The highest BCUT2D eigenvalue weighted by atomic mass is 79.9. The largest absolute Gasteiger partial charge is 0.434 e. The number of nitrogens with two attached hydrogens (primary N) is 1. The van der Waals surface area contributed by atoms with Crippen molar-refractivity contribution in [2.24, 2.45) is 5.73 Å². The maximum Gasteiger partial charge on any atom is 0.195 e. The van der Waals surface area contributed by atoms with E-state index >= 15 is 0 Å². The molecule has 0 unspecified atom stereocenters. The average molecular weight is 363 g/mol. The minimum Gasteiger partial charge on any atom is -0.434 e. The van der Waals surface area contributed by atoms with Gasteiger partial charge in [-0.2, -0.15) is 0 Å². The van der Waals surface area contributed by atoms with Gasteiger partial charge in [0.05, 0.1) is 6.20 Å². The van der Waals surface area contributed by atoms with Crippen LogP contribution >= 0.6 is 15.9 Å². The molecule has 0 bridgehead atoms. The van der Waals surface area contributed by atoms with Crippen LogP contribution in [0, 0.1) is 0 Å². The van der Waals surface area contributed by atoms with Crippen LogP contribution in [0.5, 0.6) is 0 Å². The van der Waals surface area contributed by atoms with E-state index < -0.39 is 0 Å². The van der Waals surface area contributed by atoms with Crippen LogP contribution in [0.1, 0.15) is 71.6 Å². The Kier molecular flexibility index (Phi) is 18.7. The van der Waals surface area contributed by atoms with Gasteiger partial charge in [0.25, 0.3) is 0 Å². The van der Waals surface area contributed by atoms with Crippen LogP contribution in [-0.4, -0.2) is 17.8 Å². The Balaban J connectivity index is 0. The standard InChI is InChI=1S/C12H18BrNO2.C3H8.CH5N/c1-2-10(15)7-5-3-4-6-8-12-14-9-11(13)16-12;1-3-2;1-2/h9H,2-8H2,1H3;3H2,1-2H3;2H2,1H3. The summed E-state index contributed by atoms with van der Waals surface area (Å²) in [7, 11) is 1.50. The van der Waals surface area contributed by atoms with Gasteiger partial charge < -0.3 is 10.2 Å². The quantitative estimate of drug-likeness (QED) is 0.667. The third kappa shape index (κ3) is 15.5.